The summed E-state index contributed by atoms with van der Waals surface area (Å²) in [5, 5.41) is 13.1. The maximum absolute atomic E-state index is 9.39. The van der Waals surface area contributed by atoms with Crippen LogP contribution in [0.15, 0.2) is 0 Å². The fraction of sp³-hybridized carbons (Fsp3) is 1.00. The molecule has 2 saturated carbocycles. The Morgan fingerprint density at radius 1 is 1.35 bits per heavy atom. The molecule has 4 N–H and O–H groups in total. The van der Waals surface area contributed by atoms with E-state index in [4.69, 9.17) is 10.5 Å². The van der Waals surface area contributed by atoms with Crippen LogP contribution in [0.25, 0.3) is 0 Å². The fourth-order valence-corrected chi connectivity index (χ4v) is 3.27. The Morgan fingerprint density at radius 3 is 2.65 bits per heavy atom. The fourth-order valence-electron chi connectivity index (χ4n) is 3.27. The van der Waals surface area contributed by atoms with Crippen LogP contribution in [0, 0.1) is 11.8 Å². The van der Waals surface area contributed by atoms with E-state index < -0.39 is 0 Å². The third-order valence-electron chi connectivity index (χ3n) is 4.49. The largest absolute Gasteiger partial charge is 0.396 e. The molecule has 0 aliphatic heterocycles. The highest BCUT2D eigenvalue weighted by atomic mass is 16.5. The predicted molar refractivity (Wildman–Crippen MR) is 67.7 cm³/mol. The zero-order valence-electron chi connectivity index (χ0n) is 10.8. The minimum atomic E-state index is -0.0584. The lowest BCUT2D eigenvalue weighted by Gasteiger charge is -2.38. The van der Waals surface area contributed by atoms with Gasteiger partial charge in [0.1, 0.15) is 0 Å². The summed E-state index contributed by atoms with van der Waals surface area (Å²) in [5.41, 5.74) is 5.94. The van der Waals surface area contributed by atoms with Crippen LogP contribution in [0.1, 0.15) is 32.1 Å². The number of nitrogens with two attached hydrogens (primary N) is 1. The molecule has 2 aliphatic carbocycles. The Labute approximate surface area is 104 Å². The van der Waals surface area contributed by atoms with Crippen LogP contribution in [-0.2, 0) is 4.74 Å². The van der Waals surface area contributed by atoms with Crippen molar-refractivity contribution in [3.05, 3.63) is 0 Å². The van der Waals surface area contributed by atoms with Gasteiger partial charge in [0.15, 0.2) is 0 Å². The van der Waals surface area contributed by atoms with Gasteiger partial charge in [-0.25, -0.2) is 0 Å². The second-order valence-electron chi connectivity index (χ2n) is 5.69. The van der Waals surface area contributed by atoms with E-state index in [0.717, 1.165) is 12.8 Å². The average molecular weight is 242 g/mol. The minimum absolute atomic E-state index is 0.0584. The van der Waals surface area contributed by atoms with Gasteiger partial charge in [-0.15, -0.1) is 0 Å². The summed E-state index contributed by atoms with van der Waals surface area (Å²) in [6.07, 6.45) is 6.01. The van der Waals surface area contributed by atoms with Gasteiger partial charge in [-0.2, -0.15) is 0 Å². The van der Waals surface area contributed by atoms with Crippen molar-refractivity contribution in [2.24, 2.45) is 17.6 Å². The third-order valence-corrected chi connectivity index (χ3v) is 4.49. The molecule has 0 heterocycles. The second kappa shape index (κ2) is 5.65. The molecule has 0 bridgehead atoms. The van der Waals surface area contributed by atoms with E-state index in [1.165, 1.54) is 19.3 Å². The lowest BCUT2D eigenvalue weighted by Crippen LogP contribution is -2.60. The minimum Gasteiger partial charge on any atom is -0.396 e. The van der Waals surface area contributed by atoms with Crippen molar-refractivity contribution in [2.45, 2.75) is 43.7 Å². The molecular formula is C13H26N2O2. The first-order valence-corrected chi connectivity index (χ1v) is 6.83. The first-order valence-electron chi connectivity index (χ1n) is 6.83. The van der Waals surface area contributed by atoms with Crippen LogP contribution >= 0.6 is 0 Å². The molecule has 4 nitrogen and oxygen atoms in total. The van der Waals surface area contributed by atoms with Gasteiger partial charge in [-0.05, 0) is 37.5 Å². The Bertz CT molecular complexity index is 246. The van der Waals surface area contributed by atoms with E-state index in [9.17, 15) is 5.11 Å². The summed E-state index contributed by atoms with van der Waals surface area (Å²) in [7, 11) is 1.74. The number of aliphatic hydroxyl groups excluding tert-OH is 1. The Balaban J connectivity index is 2.00. The summed E-state index contributed by atoms with van der Waals surface area (Å²) < 4.78 is 5.37. The highest BCUT2D eigenvalue weighted by Gasteiger charge is 2.46. The molecule has 0 aromatic heterocycles. The van der Waals surface area contributed by atoms with Gasteiger partial charge in [-0.3, -0.25) is 0 Å². The smallest absolute Gasteiger partial charge is 0.0659 e. The molecule has 3 atom stereocenters. The summed E-state index contributed by atoms with van der Waals surface area (Å²) in [5.74, 6) is 1.06. The molecule has 3 unspecified atom stereocenters. The SMILES string of the molecule is COCC(CN)(NC1CCCC1CO)C1CC1. The van der Waals surface area contributed by atoms with Gasteiger partial charge in [0.25, 0.3) is 0 Å². The maximum atomic E-state index is 9.39. The second-order valence-corrected chi connectivity index (χ2v) is 5.69. The van der Waals surface area contributed by atoms with Gasteiger partial charge in [-0.1, -0.05) is 6.42 Å². The van der Waals surface area contributed by atoms with Gasteiger partial charge >= 0.3 is 0 Å². The zero-order valence-corrected chi connectivity index (χ0v) is 10.8. The van der Waals surface area contributed by atoms with Crippen LogP contribution in [0.3, 0.4) is 0 Å². The van der Waals surface area contributed by atoms with Crippen molar-refractivity contribution in [3.63, 3.8) is 0 Å². The molecule has 17 heavy (non-hydrogen) atoms. The number of hydrogen-bond donors (Lipinski definition) is 3. The summed E-state index contributed by atoms with van der Waals surface area (Å²) in [4.78, 5) is 0. The molecule has 100 valence electrons. The van der Waals surface area contributed by atoms with E-state index >= 15 is 0 Å². The van der Waals surface area contributed by atoms with Crippen molar-refractivity contribution >= 4 is 0 Å². The van der Waals surface area contributed by atoms with Gasteiger partial charge in [0, 0.05) is 26.3 Å². The van der Waals surface area contributed by atoms with E-state index in [0.29, 0.717) is 31.0 Å². The number of ether oxygens (including phenoxy) is 1. The molecule has 0 spiro atoms. The van der Waals surface area contributed by atoms with Crippen LogP contribution in [0.5, 0.6) is 0 Å². The van der Waals surface area contributed by atoms with Gasteiger partial charge in [0.05, 0.1) is 12.1 Å². The van der Waals surface area contributed by atoms with Crippen LogP contribution in [0.2, 0.25) is 0 Å². The Morgan fingerprint density at radius 2 is 2.12 bits per heavy atom. The Hall–Kier alpha value is -0.160. The number of hydrogen-bond acceptors (Lipinski definition) is 4. The van der Waals surface area contributed by atoms with Crippen molar-refractivity contribution < 1.29 is 9.84 Å². The monoisotopic (exact) mass is 242 g/mol. The van der Waals surface area contributed by atoms with E-state index in [-0.39, 0.29) is 12.1 Å². The van der Waals surface area contributed by atoms with E-state index in [2.05, 4.69) is 5.32 Å². The Kier molecular flexibility index (Phi) is 4.42. The van der Waals surface area contributed by atoms with Gasteiger partial charge in [0.2, 0.25) is 0 Å². The molecule has 0 aromatic carbocycles. The van der Waals surface area contributed by atoms with Crippen LogP contribution < -0.4 is 11.1 Å². The van der Waals surface area contributed by atoms with Crippen molar-refractivity contribution in [1.29, 1.82) is 0 Å². The first-order chi connectivity index (χ1) is 8.25. The van der Waals surface area contributed by atoms with Crippen molar-refractivity contribution in [2.75, 3.05) is 26.9 Å². The van der Waals surface area contributed by atoms with Crippen LogP contribution in [-0.4, -0.2) is 43.6 Å². The summed E-state index contributed by atoms with van der Waals surface area (Å²) >= 11 is 0. The lowest BCUT2D eigenvalue weighted by atomic mass is 9.91. The normalized spacial score (nSPS) is 32.6. The van der Waals surface area contributed by atoms with E-state index in [1.54, 1.807) is 7.11 Å². The molecule has 2 aliphatic rings. The van der Waals surface area contributed by atoms with E-state index in [1.807, 2.05) is 0 Å². The molecule has 2 rings (SSSR count). The molecule has 0 aromatic rings. The predicted octanol–water partition coefficient (Wildman–Crippen LogP) is 0.491. The lowest BCUT2D eigenvalue weighted by molar-refractivity contribution is 0.0790. The first kappa shape index (κ1) is 13.3. The number of aliphatic hydroxyl groups is 1. The molecule has 4 heteroatoms. The maximum Gasteiger partial charge on any atom is 0.0659 e. The quantitative estimate of drug-likeness (QED) is 0.608. The molecular weight excluding hydrogens is 216 g/mol. The summed E-state index contributed by atoms with van der Waals surface area (Å²) in [6.45, 7) is 1.60. The number of rotatable bonds is 7. The highest BCUT2D eigenvalue weighted by Crippen LogP contribution is 2.41. The van der Waals surface area contributed by atoms with Crippen molar-refractivity contribution in [3.8, 4) is 0 Å². The number of nitrogens with one attached hydrogen (secondary N) is 1. The molecule has 0 radical (unpaired) electrons. The third kappa shape index (κ3) is 2.81. The topological polar surface area (TPSA) is 67.5 Å². The molecule has 0 amide bonds. The van der Waals surface area contributed by atoms with Gasteiger partial charge < -0.3 is 20.9 Å². The highest BCUT2D eigenvalue weighted by molar-refractivity contribution is 5.04. The molecule has 2 fully saturated rings. The summed E-state index contributed by atoms with van der Waals surface area (Å²) in [6, 6.07) is 0.416. The average Bonchev–Trinajstić information content (AvgIpc) is 3.10. The molecule has 0 saturated heterocycles. The standard InChI is InChI=1S/C13H26N2O2/c1-17-9-13(8-14,11-5-6-11)15-12-4-2-3-10(12)7-16/h10-12,15-16H,2-9,14H2,1H3. The van der Waals surface area contributed by atoms with Crippen molar-refractivity contribution in [1.82, 2.24) is 5.32 Å². The zero-order chi connectivity index (χ0) is 12.3. The number of methoxy groups -OCH3 is 1. The van der Waals surface area contributed by atoms with Crippen LogP contribution in [0.4, 0.5) is 0 Å².